The second-order valence-electron chi connectivity index (χ2n) is 6.10. The van der Waals surface area contributed by atoms with Crippen LogP contribution in [0.2, 0.25) is 0 Å². The molecule has 0 heterocycles. The summed E-state index contributed by atoms with van der Waals surface area (Å²) in [5, 5.41) is 0. The molecule has 0 bridgehead atoms. The number of unbranched alkanes of at least 4 members (excludes halogenated alkanes) is 4. The minimum Gasteiger partial charge on any atom is -1.00 e. The molecule has 0 spiro atoms. The van der Waals surface area contributed by atoms with Crippen molar-refractivity contribution in [3.63, 3.8) is 0 Å². The molecular formula is C16H39NO4S. The van der Waals surface area contributed by atoms with Crippen molar-refractivity contribution in [3.05, 3.63) is 0 Å². The van der Waals surface area contributed by atoms with E-state index in [-0.39, 0.29) is 1.43 Å². The Labute approximate surface area is 139 Å². The monoisotopic (exact) mass is 341 g/mol. The topological polar surface area (TPSA) is 74.6 Å². The molecule has 0 aliphatic rings. The van der Waals surface area contributed by atoms with Gasteiger partial charge in [0.05, 0.1) is 26.2 Å². The van der Waals surface area contributed by atoms with E-state index < -0.39 is 10.4 Å². The molecule has 22 heavy (non-hydrogen) atoms. The fourth-order valence-corrected chi connectivity index (χ4v) is 2.64. The van der Waals surface area contributed by atoms with Gasteiger partial charge in [0.25, 0.3) is 0 Å². The SMILES string of the molecule is CCCC[N+](CCCC)(CCCC)CCCC.O=S(=O)(O)O.[H-]. The zero-order valence-corrected chi connectivity index (χ0v) is 15.9. The second kappa shape index (κ2) is 14.4. The zero-order chi connectivity index (χ0) is 17.5. The average molecular weight is 342 g/mol. The Morgan fingerprint density at radius 1 is 0.682 bits per heavy atom. The van der Waals surface area contributed by atoms with Crippen molar-refractivity contribution in [2.45, 2.75) is 79.1 Å². The summed E-state index contributed by atoms with van der Waals surface area (Å²) < 4.78 is 33.0. The van der Waals surface area contributed by atoms with Crippen molar-refractivity contribution in [1.29, 1.82) is 0 Å². The number of hydrogen-bond acceptors (Lipinski definition) is 2. The van der Waals surface area contributed by atoms with Gasteiger partial charge in [-0.15, -0.1) is 0 Å². The van der Waals surface area contributed by atoms with E-state index in [0.29, 0.717) is 0 Å². The van der Waals surface area contributed by atoms with Crippen LogP contribution in [0.15, 0.2) is 0 Å². The molecule has 0 radical (unpaired) electrons. The van der Waals surface area contributed by atoms with Crippen LogP contribution < -0.4 is 0 Å². The zero-order valence-electron chi connectivity index (χ0n) is 16.1. The smallest absolute Gasteiger partial charge is 0.394 e. The maximum Gasteiger partial charge on any atom is 0.394 e. The molecule has 6 heteroatoms. The highest BCUT2D eigenvalue weighted by Crippen LogP contribution is 2.16. The summed E-state index contributed by atoms with van der Waals surface area (Å²) in [6.45, 7) is 15.0. The normalized spacial score (nSPS) is 11.9. The Bertz CT molecular complexity index is 291. The average Bonchev–Trinajstić information content (AvgIpc) is 2.44. The summed E-state index contributed by atoms with van der Waals surface area (Å²) in [4.78, 5) is 0. The highest BCUT2D eigenvalue weighted by Gasteiger charge is 2.24. The van der Waals surface area contributed by atoms with Gasteiger partial charge in [-0.3, -0.25) is 9.11 Å². The molecule has 0 unspecified atom stereocenters. The first-order chi connectivity index (χ1) is 10.2. The van der Waals surface area contributed by atoms with Gasteiger partial charge in [-0.05, 0) is 25.7 Å². The first kappa shape index (κ1) is 24.1. The molecule has 0 aromatic rings. The van der Waals surface area contributed by atoms with E-state index in [2.05, 4.69) is 27.7 Å². The van der Waals surface area contributed by atoms with Gasteiger partial charge in [0.2, 0.25) is 0 Å². The lowest BCUT2D eigenvalue weighted by molar-refractivity contribution is -0.929. The van der Waals surface area contributed by atoms with Crippen LogP contribution in [0.25, 0.3) is 0 Å². The molecule has 0 aliphatic carbocycles. The van der Waals surface area contributed by atoms with E-state index >= 15 is 0 Å². The summed E-state index contributed by atoms with van der Waals surface area (Å²) >= 11 is 0. The van der Waals surface area contributed by atoms with Crippen molar-refractivity contribution in [2.24, 2.45) is 0 Å². The van der Waals surface area contributed by atoms with Gasteiger partial charge in [-0.25, -0.2) is 0 Å². The van der Waals surface area contributed by atoms with Crippen molar-refractivity contribution in [1.82, 2.24) is 0 Å². The van der Waals surface area contributed by atoms with Crippen LogP contribution in [-0.4, -0.2) is 48.2 Å². The highest BCUT2D eigenvalue weighted by atomic mass is 32.3. The van der Waals surface area contributed by atoms with Gasteiger partial charge in [-0.1, -0.05) is 53.4 Å². The summed E-state index contributed by atoms with van der Waals surface area (Å²) in [5.74, 6) is 0. The van der Waals surface area contributed by atoms with Crippen molar-refractivity contribution in [3.8, 4) is 0 Å². The van der Waals surface area contributed by atoms with E-state index in [1.54, 1.807) is 0 Å². The highest BCUT2D eigenvalue weighted by molar-refractivity contribution is 7.79. The molecule has 0 aliphatic heterocycles. The molecule has 5 nitrogen and oxygen atoms in total. The molecule has 0 aromatic heterocycles. The Morgan fingerprint density at radius 3 is 1.00 bits per heavy atom. The number of quaternary nitrogens is 1. The van der Waals surface area contributed by atoms with E-state index in [4.69, 9.17) is 17.5 Å². The lowest BCUT2D eigenvalue weighted by Gasteiger charge is -2.39. The predicted octanol–water partition coefficient (Wildman–Crippen LogP) is 4.46. The number of rotatable bonds is 12. The Hall–Kier alpha value is -0.170. The van der Waals surface area contributed by atoms with Crippen molar-refractivity contribution >= 4 is 10.4 Å². The Balaban J connectivity index is -0.000000578. The molecule has 0 fully saturated rings. The van der Waals surface area contributed by atoms with Crippen molar-refractivity contribution < 1.29 is 23.4 Å². The number of nitrogens with zero attached hydrogens (tertiary/aromatic N) is 1. The molecule has 2 N–H and O–H groups in total. The van der Waals surface area contributed by atoms with Crippen LogP contribution in [0.1, 0.15) is 80.5 Å². The molecule has 0 amide bonds. The summed E-state index contributed by atoms with van der Waals surface area (Å²) in [7, 11) is -4.67. The Kier molecular flexibility index (Phi) is 15.8. The van der Waals surface area contributed by atoms with Gasteiger partial charge >= 0.3 is 10.4 Å². The first-order valence-corrected chi connectivity index (χ1v) is 10.2. The molecule has 0 saturated heterocycles. The first-order valence-electron chi connectivity index (χ1n) is 8.79. The van der Waals surface area contributed by atoms with Gasteiger partial charge < -0.3 is 5.91 Å². The summed E-state index contributed by atoms with van der Waals surface area (Å²) in [5.41, 5.74) is 0. The van der Waals surface area contributed by atoms with Crippen LogP contribution >= 0.6 is 0 Å². The fourth-order valence-electron chi connectivity index (χ4n) is 2.64. The van der Waals surface area contributed by atoms with Crippen molar-refractivity contribution in [2.75, 3.05) is 26.2 Å². The molecular weight excluding hydrogens is 302 g/mol. The van der Waals surface area contributed by atoms with Crippen LogP contribution in [-0.2, 0) is 10.4 Å². The van der Waals surface area contributed by atoms with E-state index in [0.717, 1.165) is 0 Å². The van der Waals surface area contributed by atoms with E-state index in [1.165, 1.54) is 82.0 Å². The van der Waals surface area contributed by atoms with Crippen LogP contribution in [0.4, 0.5) is 0 Å². The van der Waals surface area contributed by atoms with E-state index in [1.807, 2.05) is 0 Å². The molecule has 0 saturated carbocycles. The van der Waals surface area contributed by atoms with Gasteiger partial charge in [0, 0.05) is 0 Å². The maximum absolute atomic E-state index is 8.74. The molecule has 0 aromatic carbocycles. The lowest BCUT2D eigenvalue weighted by Crippen LogP contribution is -2.50. The third-order valence-electron chi connectivity index (χ3n) is 3.94. The quantitative estimate of drug-likeness (QED) is 0.406. The molecule has 0 rings (SSSR count). The number of hydrogen-bond donors (Lipinski definition) is 2. The largest absolute Gasteiger partial charge is 1.00 e. The molecule has 138 valence electrons. The fraction of sp³-hybridized carbons (Fsp3) is 1.00. The minimum atomic E-state index is -4.67. The third-order valence-corrected chi connectivity index (χ3v) is 3.94. The van der Waals surface area contributed by atoms with Gasteiger partial charge in [0.15, 0.2) is 0 Å². The van der Waals surface area contributed by atoms with Crippen LogP contribution in [0, 0.1) is 0 Å². The summed E-state index contributed by atoms with van der Waals surface area (Å²) in [6.07, 6.45) is 11.1. The predicted molar refractivity (Wildman–Crippen MR) is 94.6 cm³/mol. The van der Waals surface area contributed by atoms with E-state index in [9.17, 15) is 0 Å². The van der Waals surface area contributed by atoms with Crippen LogP contribution in [0.5, 0.6) is 0 Å². The Morgan fingerprint density at radius 2 is 0.864 bits per heavy atom. The second-order valence-corrected chi connectivity index (χ2v) is 6.99. The van der Waals surface area contributed by atoms with Crippen LogP contribution in [0.3, 0.4) is 0 Å². The van der Waals surface area contributed by atoms with Gasteiger partial charge in [0.1, 0.15) is 0 Å². The summed E-state index contributed by atoms with van der Waals surface area (Å²) in [6, 6.07) is 0. The third kappa shape index (κ3) is 17.9. The maximum atomic E-state index is 8.74. The standard InChI is InChI=1S/C16H36N.H2O4S.H/c1-5-9-13-17(14-10-6-2,15-11-7-3)16-12-8-4;1-5(2,3)4;/h5-16H2,1-4H3;(H2,1,2,3,4);/q+1;;-1. The van der Waals surface area contributed by atoms with Gasteiger partial charge in [-0.2, -0.15) is 8.42 Å². The molecule has 0 atom stereocenters. The lowest BCUT2D eigenvalue weighted by atomic mass is 10.1. The minimum absolute atomic E-state index is 0.